The fraction of sp³-hybridized carbons (Fsp3) is 0.391. The van der Waals surface area contributed by atoms with Crippen molar-refractivity contribution in [3.63, 3.8) is 0 Å². The fourth-order valence-corrected chi connectivity index (χ4v) is 4.53. The number of hydroxylamine groups is 1. The van der Waals surface area contributed by atoms with E-state index in [9.17, 15) is 22.7 Å². The normalized spacial score (nSPS) is 18.3. The third-order valence-electron chi connectivity index (χ3n) is 5.96. The number of carbonyl (C=O) groups excluding carboxylic acids is 1. The predicted molar refractivity (Wildman–Crippen MR) is 121 cm³/mol. The van der Waals surface area contributed by atoms with Crippen molar-refractivity contribution in [2.45, 2.75) is 50.1 Å². The van der Waals surface area contributed by atoms with Crippen LogP contribution in [0.25, 0.3) is 11.1 Å². The highest BCUT2D eigenvalue weighted by atomic mass is 32.2. The third kappa shape index (κ3) is 5.07. The molecule has 2 aromatic rings. The first-order valence-electron chi connectivity index (χ1n) is 10.3. The minimum absolute atomic E-state index is 0.170. The number of rotatable bonds is 7. The number of nitrogens with zero attached hydrogens (tertiary/aromatic N) is 1. The van der Waals surface area contributed by atoms with E-state index in [1.807, 2.05) is 0 Å². The lowest BCUT2D eigenvalue weighted by Gasteiger charge is -2.26. The highest BCUT2D eigenvalue weighted by Gasteiger charge is 2.47. The average Bonchev–Trinajstić information content (AvgIpc) is 3.20. The summed E-state index contributed by atoms with van der Waals surface area (Å²) >= 11 is 0. The first-order valence-corrected chi connectivity index (χ1v) is 12.2. The maximum atomic E-state index is 14.9. The van der Waals surface area contributed by atoms with Gasteiger partial charge in [-0.2, -0.15) is 0 Å². The summed E-state index contributed by atoms with van der Waals surface area (Å²) in [4.78, 5) is 17.3. The van der Waals surface area contributed by atoms with Crippen LogP contribution in [-0.2, 0) is 25.1 Å². The van der Waals surface area contributed by atoms with Gasteiger partial charge in [-0.15, -0.1) is 0 Å². The van der Waals surface area contributed by atoms with Crippen molar-refractivity contribution in [1.82, 2.24) is 5.48 Å². The number of amides is 1. The second-order valence-electron chi connectivity index (χ2n) is 8.95. The Morgan fingerprint density at radius 1 is 1.18 bits per heavy atom. The van der Waals surface area contributed by atoms with Crippen LogP contribution in [0.3, 0.4) is 0 Å². The Bertz CT molecular complexity index is 1190. The van der Waals surface area contributed by atoms with E-state index in [-0.39, 0.29) is 12.8 Å². The quantitative estimate of drug-likeness (QED) is 0.415. The molecule has 0 fully saturated rings. The molecule has 0 spiro atoms. The molecule has 3 N–H and O–H groups in total. The molecule has 1 amide bonds. The molecule has 0 aliphatic carbocycles. The van der Waals surface area contributed by atoms with Crippen LogP contribution in [0.1, 0.15) is 44.7 Å². The van der Waals surface area contributed by atoms with Gasteiger partial charge in [0.2, 0.25) is 0 Å². The molecule has 178 valence electrons. The van der Waals surface area contributed by atoms with Crippen molar-refractivity contribution in [2.75, 3.05) is 6.26 Å². The maximum Gasteiger partial charge on any atom is 0.264 e. The molecule has 1 aliphatic rings. The molecule has 3 rings (SSSR count). The first-order chi connectivity index (χ1) is 15.3. The monoisotopic (exact) mass is 478 g/mol. The summed E-state index contributed by atoms with van der Waals surface area (Å²) in [6.07, 6.45) is 0.0951. The summed E-state index contributed by atoms with van der Waals surface area (Å²) in [5, 5.41) is 23.0. The topological polar surface area (TPSA) is 125 Å². The molecular weight excluding hydrogens is 451 g/mol. The van der Waals surface area contributed by atoms with Crippen molar-refractivity contribution in [3.05, 3.63) is 59.4 Å². The SMILES string of the molecule is CC(C)(O)c1ccc(-c2ccc(C3=NO[C@@H](C[C@](C)(C(=O)NO)S(C)(=O)=O)C3)cc2F)cc1. The van der Waals surface area contributed by atoms with E-state index in [0.717, 1.165) is 6.26 Å². The number of carbonyl (C=O) groups is 1. The maximum absolute atomic E-state index is 14.9. The molecule has 2 atom stereocenters. The largest absolute Gasteiger partial charge is 0.392 e. The lowest BCUT2D eigenvalue weighted by atomic mass is 9.94. The van der Waals surface area contributed by atoms with E-state index >= 15 is 0 Å². The van der Waals surface area contributed by atoms with Crippen LogP contribution >= 0.6 is 0 Å². The van der Waals surface area contributed by atoms with Gasteiger partial charge in [-0.05, 0) is 38.0 Å². The highest BCUT2D eigenvalue weighted by molar-refractivity contribution is 7.92. The van der Waals surface area contributed by atoms with E-state index in [0.29, 0.717) is 28.0 Å². The fourth-order valence-electron chi connectivity index (χ4n) is 3.66. The van der Waals surface area contributed by atoms with Gasteiger partial charge in [0.1, 0.15) is 11.9 Å². The Morgan fingerprint density at radius 3 is 2.30 bits per heavy atom. The number of sulfone groups is 1. The molecule has 1 heterocycles. The van der Waals surface area contributed by atoms with Crippen molar-refractivity contribution in [1.29, 1.82) is 0 Å². The van der Waals surface area contributed by atoms with Gasteiger partial charge in [0.05, 0.1) is 11.3 Å². The zero-order valence-electron chi connectivity index (χ0n) is 18.8. The predicted octanol–water partition coefficient (Wildman–Crippen LogP) is 2.91. The van der Waals surface area contributed by atoms with Gasteiger partial charge in [-0.3, -0.25) is 10.0 Å². The highest BCUT2D eigenvalue weighted by Crippen LogP contribution is 2.31. The molecule has 10 heteroatoms. The number of oxime groups is 1. The molecular formula is C23H27FN2O6S. The lowest BCUT2D eigenvalue weighted by Crippen LogP contribution is -2.51. The Labute approximate surface area is 192 Å². The number of aliphatic hydroxyl groups is 1. The number of halogens is 1. The van der Waals surface area contributed by atoms with Crippen molar-refractivity contribution in [2.24, 2.45) is 5.16 Å². The summed E-state index contributed by atoms with van der Waals surface area (Å²) in [7, 11) is -3.88. The van der Waals surface area contributed by atoms with Crippen molar-refractivity contribution in [3.8, 4) is 11.1 Å². The first kappa shape index (κ1) is 24.8. The van der Waals surface area contributed by atoms with Crippen LogP contribution < -0.4 is 5.48 Å². The summed E-state index contributed by atoms with van der Waals surface area (Å²) in [6, 6.07) is 11.6. The van der Waals surface area contributed by atoms with Crippen LogP contribution in [-0.4, -0.2) is 47.5 Å². The second kappa shape index (κ2) is 8.85. The molecule has 0 bridgehead atoms. The van der Waals surface area contributed by atoms with Crippen LogP contribution in [0, 0.1) is 5.82 Å². The number of nitrogens with one attached hydrogen (secondary N) is 1. The molecule has 0 aromatic heterocycles. The summed E-state index contributed by atoms with van der Waals surface area (Å²) in [5.74, 6) is -1.54. The van der Waals surface area contributed by atoms with Gasteiger partial charge in [0.15, 0.2) is 14.6 Å². The van der Waals surface area contributed by atoms with Crippen LogP contribution in [0.5, 0.6) is 0 Å². The smallest absolute Gasteiger partial charge is 0.264 e. The van der Waals surface area contributed by atoms with Crippen LogP contribution in [0.4, 0.5) is 4.39 Å². The lowest BCUT2D eigenvalue weighted by molar-refractivity contribution is -0.132. The molecule has 33 heavy (non-hydrogen) atoms. The van der Waals surface area contributed by atoms with Gasteiger partial charge in [0, 0.05) is 30.2 Å². The molecule has 0 saturated carbocycles. The third-order valence-corrected chi connectivity index (χ3v) is 7.94. The minimum Gasteiger partial charge on any atom is -0.392 e. The molecule has 2 aromatic carbocycles. The molecule has 8 nitrogen and oxygen atoms in total. The minimum atomic E-state index is -3.88. The van der Waals surface area contributed by atoms with E-state index in [1.165, 1.54) is 18.5 Å². The number of hydrogen-bond donors (Lipinski definition) is 3. The molecule has 1 aliphatic heterocycles. The summed E-state index contributed by atoms with van der Waals surface area (Å²) in [6.45, 7) is 4.54. The van der Waals surface area contributed by atoms with E-state index in [4.69, 9.17) is 10.0 Å². The van der Waals surface area contributed by atoms with E-state index in [2.05, 4.69) is 5.16 Å². The number of benzene rings is 2. The van der Waals surface area contributed by atoms with Crippen molar-refractivity contribution < 1.29 is 32.8 Å². The van der Waals surface area contributed by atoms with Gasteiger partial charge < -0.3 is 9.94 Å². The van der Waals surface area contributed by atoms with Gasteiger partial charge >= 0.3 is 0 Å². The number of hydrogen-bond acceptors (Lipinski definition) is 7. The molecule has 0 unspecified atom stereocenters. The summed E-state index contributed by atoms with van der Waals surface area (Å²) < 4.78 is 37.3. The zero-order chi connectivity index (χ0) is 24.6. The zero-order valence-corrected chi connectivity index (χ0v) is 19.6. The Hall–Kier alpha value is -2.82. The average molecular weight is 479 g/mol. The Balaban J connectivity index is 1.77. The van der Waals surface area contributed by atoms with Crippen LogP contribution in [0.15, 0.2) is 47.6 Å². The van der Waals surface area contributed by atoms with Crippen LogP contribution in [0.2, 0.25) is 0 Å². The Morgan fingerprint density at radius 2 is 1.79 bits per heavy atom. The van der Waals surface area contributed by atoms with Gasteiger partial charge in [0.25, 0.3) is 5.91 Å². The van der Waals surface area contributed by atoms with E-state index < -0.39 is 38.0 Å². The Kier molecular flexibility index (Phi) is 6.65. The standard InChI is InChI=1S/C23H27FN2O6S/c1-22(2,28)16-8-5-14(6-9-16)18-10-7-15(11-19(18)24)20-12-17(32-26-20)13-23(3,21(27)25-29)33(4,30)31/h5-11,17,28-29H,12-13H2,1-4H3,(H,25,27)/t17-,23-/m1/s1. The van der Waals surface area contributed by atoms with E-state index in [1.54, 1.807) is 50.2 Å². The second-order valence-corrected chi connectivity index (χ2v) is 11.4. The molecule has 0 radical (unpaired) electrons. The van der Waals surface area contributed by atoms with Gasteiger partial charge in [-0.1, -0.05) is 41.6 Å². The molecule has 0 saturated heterocycles. The van der Waals surface area contributed by atoms with Gasteiger partial charge in [-0.25, -0.2) is 18.3 Å². The van der Waals surface area contributed by atoms with Crippen molar-refractivity contribution >= 4 is 21.5 Å². The summed E-state index contributed by atoms with van der Waals surface area (Å²) in [5.41, 5.74) is 3.02.